The van der Waals surface area contributed by atoms with E-state index >= 15 is 0 Å². The summed E-state index contributed by atoms with van der Waals surface area (Å²) in [6, 6.07) is 0. The topological polar surface area (TPSA) is 36.9 Å². The molecule has 0 aliphatic carbocycles. The fourth-order valence-corrected chi connectivity index (χ4v) is 2.05. The highest BCUT2D eigenvalue weighted by atomic mass is 16.5. The first kappa shape index (κ1) is 13.3. The maximum absolute atomic E-state index is 5.64. The van der Waals surface area contributed by atoms with Crippen molar-refractivity contribution in [2.75, 3.05) is 32.8 Å². The van der Waals surface area contributed by atoms with E-state index in [9.17, 15) is 0 Å². The molecule has 0 aromatic rings. The van der Waals surface area contributed by atoms with Crippen molar-refractivity contribution in [3.8, 4) is 0 Å². The summed E-state index contributed by atoms with van der Waals surface area (Å²) in [5.74, 6) is 1.06. The van der Waals surface area contributed by atoms with Crippen molar-refractivity contribution in [2.45, 2.75) is 39.7 Å². The summed E-state index contributed by atoms with van der Waals surface area (Å²) in [4.78, 5) is 6.84. The van der Waals surface area contributed by atoms with Crippen LogP contribution in [-0.4, -0.2) is 49.7 Å². The van der Waals surface area contributed by atoms with E-state index in [0.717, 1.165) is 51.6 Å². The fraction of sp³-hybridized carbons (Fsp3) is 0.917. The van der Waals surface area contributed by atoms with Crippen LogP contribution in [0.5, 0.6) is 0 Å². The van der Waals surface area contributed by atoms with Gasteiger partial charge in [-0.2, -0.15) is 0 Å². The Morgan fingerprint density at radius 1 is 1.31 bits per heavy atom. The standard InChI is InChI=1S/C12H25N3O/c1-4-13-12(14-5-2)15-9-7-11(8-10-15)16-6-3/h11H,4-10H2,1-3H3,(H,13,14). The van der Waals surface area contributed by atoms with Gasteiger partial charge in [-0.25, -0.2) is 0 Å². The van der Waals surface area contributed by atoms with Crippen molar-refractivity contribution in [1.82, 2.24) is 10.2 Å². The van der Waals surface area contributed by atoms with Gasteiger partial charge in [-0.05, 0) is 33.6 Å². The number of hydrogen-bond donors (Lipinski definition) is 1. The van der Waals surface area contributed by atoms with Gasteiger partial charge in [0, 0.05) is 32.8 Å². The highest BCUT2D eigenvalue weighted by Gasteiger charge is 2.21. The molecule has 0 aromatic heterocycles. The molecule has 4 heteroatoms. The van der Waals surface area contributed by atoms with Crippen LogP contribution in [0.3, 0.4) is 0 Å². The number of likely N-dealkylation sites (tertiary alicyclic amines) is 1. The van der Waals surface area contributed by atoms with E-state index in [1.54, 1.807) is 0 Å². The van der Waals surface area contributed by atoms with Gasteiger partial charge in [0.05, 0.1) is 6.10 Å². The molecule has 1 N–H and O–H groups in total. The van der Waals surface area contributed by atoms with Gasteiger partial charge < -0.3 is 15.0 Å². The van der Waals surface area contributed by atoms with Crippen LogP contribution >= 0.6 is 0 Å². The second kappa shape index (κ2) is 7.49. The summed E-state index contributed by atoms with van der Waals surface area (Å²) >= 11 is 0. The third kappa shape index (κ3) is 4.00. The molecule has 0 saturated carbocycles. The number of nitrogens with zero attached hydrogens (tertiary/aromatic N) is 2. The number of rotatable bonds is 4. The highest BCUT2D eigenvalue weighted by Crippen LogP contribution is 2.13. The zero-order valence-corrected chi connectivity index (χ0v) is 10.8. The quantitative estimate of drug-likeness (QED) is 0.584. The Kier molecular flexibility index (Phi) is 6.23. The average Bonchev–Trinajstić information content (AvgIpc) is 2.30. The second-order valence-corrected chi connectivity index (χ2v) is 3.97. The van der Waals surface area contributed by atoms with Crippen molar-refractivity contribution in [2.24, 2.45) is 4.99 Å². The van der Waals surface area contributed by atoms with Crippen LogP contribution in [0.25, 0.3) is 0 Å². The molecule has 16 heavy (non-hydrogen) atoms. The van der Waals surface area contributed by atoms with Gasteiger partial charge in [0.15, 0.2) is 5.96 Å². The van der Waals surface area contributed by atoms with Crippen LogP contribution in [0.2, 0.25) is 0 Å². The Balaban J connectivity index is 2.41. The van der Waals surface area contributed by atoms with Crippen molar-refractivity contribution in [1.29, 1.82) is 0 Å². The molecule has 4 nitrogen and oxygen atoms in total. The van der Waals surface area contributed by atoms with E-state index in [2.05, 4.69) is 36.0 Å². The lowest BCUT2D eigenvalue weighted by Crippen LogP contribution is -2.47. The number of guanidine groups is 1. The summed E-state index contributed by atoms with van der Waals surface area (Å²) in [5.41, 5.74) is 0. The first-order valence-electron chi connectivity index (χ1n) is 6.46. The van der Waals surface area contributed by atoms with Crippen molar-refractivity contribution >= 4 is 5.96 Å². The molecule has 0 bridgehead atoms. The number of nitrogens with one attached hydrogen (secondary N) is 1. The summed E-state index contributed by atoms with van der Waals surface area (Å²) in [6.45, 7) is 11.0. The minimum absolute atomic E-state index is 0.450. The molecule has 0 radical (unpaired) electrons. The molecule has 1 saturated heterocycles. The minimum Gasteiger partial charge on any atom is -0.378 e. The van der Waals surface area contributed by atoms with E-state index in [1.165, 1.54) is 0 Å². The Morgan fingerprint density at radius 2 is 2.00 bits per heavy atom. The molecule has 1 aliphatic heterocycles. The van der Waals surface area contributed by atoms with E-state index in [0.29, 0.717) is 6.10 Å². The van der Waals surface area contributed by atoms with E-state index in [1.807, 2.05) is 0 Å². The lowest BCUT2D eigenvalue weighted by atomic mass is 10.1. The van der Waals surface area contributed by atoms with E-state index in [4.69, 9.17) is 4.74 Å². The first-order valence-corrected chi connectivity index (χ1v) is 6.46. The molecule has 0 amide bonds. The third-order valence-corrected chi connectivity index (χ3v) is 2.79. The van der Waals surface area contributed by atoms with Crippen LogP contribution in [0.4, 0.5) is 0 Å². The number of hydrogen-bond acceptors (Lipinski definition) is 2. The van der Waals surface area contributed by atoms with Crippen molar-refractivity contribution < 1.29 is 4.74 Å². The zero-order chi connectivity index (χ0) is 11.8. The SMILES string of the molecule is CCN=C(NCC)N1CCC(OCC)CC1. The van der Waals surface area contributed by atoms with Gasteiger partial charge in [-0.3, -0.25) is 4.99 Å². The molecule has 0 atom stereocenters. The lowest BCUT2D eigenvalue weighted by molar-refractivity contribution is 0.0264. The molecule has 1 fully saturated rings. The molecule has 1 rings (SSSR count). The number of aliphatic imine (C=N–C) groups is 1. The molecule has 1 heterocycles. The van der Waals surface area contributed by atoms with Gasteiger partial charge in [0.1, 0.15) is 0 Å². The van der Waals surface area contributed by atoms with Crippen LogP contribution in [-0.2, 0) is 4.74 Å². The summed E-state index contributed by atoms with van der Waals surface area (Å²) < 4.78 is 5.64. The summed E-state index contributed by atoms with van der Waals surface area (Å²) in [7, 11) is 0. The minimum atomic E-state index is 0.450. The third-order valence-electron chi connectivity index (χ3n) is 2.79. The van der Waals surface area contributed by atoms with Crippen LogP contribution in [0.1, 0.15) is 33.6 Å². The van der Waals surface area contributed by atoms with Crippen LogP contribution in [0.15, 0.2) is 4.99 Å². The predicted octanol–water partition coefficient (Wildman–Crippen LogP) is 1.47. The second-order valence-electron chi connectivity index (χ2n) is 3.97. The maximum atomic E-state index is 5.64. The predicted molar refractivity (Wildman–Crippen MR) is 67.9 cm³/mol. The smallest absolute Gasteiger partial charge is 0.193 e. The molecule has 1 aliphatic rings. The van der Waals surface area contributed by atoms with Crippen LogP contribution < -0.4 is 5.32 Å². The van der Waals surface area contributed by atoms with Crippen molar-refractivity contribution in [3.63, 3.8) is 0 Å². The monoisotopic (exact) mass is 227 g/mol. The normalized spacial score (nSPS) is 18.9. The van der Waals surface area contributed by atoms with Crippen LogP contribution in [0, 0.1) is 0 Å². The van der Waals surface area contributed by atoms with Gasteiger partial charge in [0.2, 0.25) is 0 Å². The molecular formula is C12H25N3O. The summed E-state index contributed by atoms with van der Waals surface area (Å²) in [5, 5.41) is 3.34. The van der Waals surface area contributed by atoms with Gasteiger partial charge in [-0.1, -0.05) is 0 Å². The highest BCUT2D eigenvalue weighted by molar-refractivity contribution is 5.80. The Labute approximate surface area is 99.1 Å². The Bertz CT molecular complexity index is 210. The molecule has 0 aromatic carbocycles. The van der Waals surface area contributed by atoms with Gasteiger partial charge in [-0.15, -0.1) is 0 Å². The number of ether oxygens (including phenoxy) is 1. The summed E-state index contributed by atoms with van der Waals surface area (Å²) in [6.07, 6.45) is 2.68. The molecule has 0 spiro atoms. The average molecular weight is 227 g/mol. The number of piperidine rings is 1. The zero-order valence-electron chi connectivity index (χ0n) is 10.8. The largest absolute Gasteiger partial charge is 0.378 e. The van der Waals surface area contributed by atoms with E-state index in [-0.39, 0.29) is 0 Å². The van der Waals surface area contributed by atoms with Crippen molar-refractivity contribution in [3.05, 3.63) is 0 Å². The Hall–Kier alpha value is -0.770. The fourth-order valence-electron chi connectivity index (χ4n) is 2.05. The van der Waals surface area contributed by atoms with Gasteiger partial charge >= 0.3 is 0 Å². The lowest BCUT2D eigenvalue weighted by Gasteiger charge is -2.34. The molecule has 0 unspecified atom stereocenters. The maximum Gasteiger partial charge on any atom is 0.193 e. The first-order chi connectivity index (χ1) is 7.81. The molecular weight excluding hydrogens is 202 g/mol. The van der Waals surface area contributed by atoms with Gasteiger partial charge in [0.25, 0.3) is 0 Å². The Morgan fingerprint density at radius 3 is 2.50 bits per heavy atom. The molecule has 94 valence electrons. The van der Waals surface area contributed by atoms with E-state index < -0.39 is 0 Å².